The molecule has 16 heavy (non-hydrogen) atoms. The lowest BCUT2D eigenvalue weighted by Crippen LogP contribution is -2.48. The molecule has 2 nitrogen and oxygen atoms in total. The minimum Gasteiger partial charge on any atom is -0.396 e. The van der Waals surface area contributed by atoms with E-state index in [0.29, 0.717) is 5.56 Å². The maximum atomic E-state index is 13.8. The van der Waals surface area contributed by atoms with Crippen LogP contribution < -0.4 is 5.73 Å². The second kappa shape index (κ2) is 4.52. The van der Waals surface area contributed by atoms with Crippen LogP contribution in [0.5, 0.6) is 0 Å². The van der Waals surface area contributed by atoms with Crippen LogP contribution in [0, 0.1) is 11.7 Å². The van der Waals surface area contributed by atoms with Crippen LogP contribution in [0.1, 0.15) is 31.2 Å². The van der Waals surface area contributed by atoms with E-state index in [2.05, 4.69) is 0 Å². The molecule has 0 bridgehead atoms. The fraction of sp³-hybridized carbons (Fsp3) is 0.538. The van der Waals surface area contributed by atoms with Crippen molar-refractivity contribution in [3.05, 3.63) is 35.6 Å². The maximum absolute atomic E-state index is 13.8. The Morgan fingerprint density at radius 1 is 1.38 bits per heavy atom. The smallest absolute Gasteiger partial charge is 0.128 e. The molecular formula is C13H18FNO. The molecule has 0 saturated heterocycles. The highest BCUT2D eigenvalue weighted by Crippen LogP contribution is 2.40. The van der Waals surface area contributed by atoms with E-state index >= 15 is 0 Å². The van der Waals surface area contributed by atoms with E-state index in [1.165, 1.54) is 6.07 Å². The van der Waals surface area contributed by atoms with Crippen LogP contribution in [-0.4, -0.2) is 11.7 Å². The highest BCUT2D eigenvalue weighted by Gasteiger charge is 2.39. The summed E-state index contributed by atoms with van der Waals surface area (Å²) in [6.45, 7) is 0.0326. The molecule has 0 heterocycles. The van der Waals surface area contributed by atoms with Crippen molar-refractivity contribution in [1.82, 2.24) is 0 Å². The van der Waals surface area contributed by atoms with E-state index in [4.69, 9.17) is 5.73 Å². The third-order valence-corrected chi connectivity index (χ3v) is 3.72. The second-order valence-electron chi connectivity index (χ2n) is 4.65. The molecule has 3 N–H and O–H groups in total. The summed E-state index contributed by atoms with van der Waals surface area (Å²) in [7, 11) is 0. The van der Waals surface area contributed by atoms with Crippen molar-refractivity contribution < 1.29 is 9.50 Å². The third-order valence-electron chi connectivity index (χ3n) is 3.72. The van der Waals surface area contributed by atoms with Crippen molar-refractivity contribution in [3.8, 4) is 0 Å². The second-order valence-corrected chi connectivity index (χ2v) is 4.65. The molecule has 1 fully saturated rings. The van der Waals surface area contributed by atoms with Gasteiger partial charge in [0.2, 0.25) is 0 Å². The molecule has 0 amide bonds. The van der Waals surface area contributed by atoms with Gasteiger partial charge in [0, 0.05) is 23.6 Å². The zero-order chi connectivity index (χ0) is 11.6. The van der Waals surface area contributed by atoms with E-state index in [1.54, 1.807) is 18.2 Å². The number of hydrogen-bond donors (Lipinski definition) is 2. The first kappa shape index (κ1) is 11.6. The molecule has 1 saturated carbocycles. The first-order valence-corrected chi connectivity index (χ1v) is 5.83. The molecule has 0 spiro atoms. The lowest BCUT2D eigenvalue weighted by molar-refractivity contribution is 0.105. The molecule has 3 heteroatoms. The average molecular weight is 223 g/mol. The van der Waals surface area contributed by atoms with Gasteiger partial charge in [-0.25, -0.2) is 4.39 Å². The molecule has 1 aliphatic carbocycles. The molecule has 1 aromatic rings. The fourth-order valence-electron chi connectivity index (χ4n) is 2.72. The summed E-state index contributed by atoms with van der Waals surface area (Å²) in [5, 5.41) is 9.38. The van der Waals surface area contributed by atoms with Crippen molar-refractivity contribution in [1.29, 1.82) is 0 Å². The predicted molar refractivity (Wildman–Crippen MR) is 61.3 cm³/mol. The van der Waals surface area contributed by atoms with Gasteiger partial charge >= 0.3 is 0 Å². The molecule has 0 aromatic heterocycles. The van der Waals surface area contributed by atoms with Crippen LogP contribution in [0.4, 0.5) is 4.39 Å². The largest absolute Gasteiger partial charge is 0.396 e. The predicted octanol–water partition coefficient (Wildman–Crippen LogP) is 2.16. The third kappa shape index (κ3) is 1.85. The van der Waals surface area contributed by atoms with Gasteiger partial charge in [-0.3, -0.25) is 0 Å². The van der Waals surface area contributed by atoms with Crippen LogP contribution in [0.15, 0.2) is 24.3 Å². The van der Waals surface area contributed by atoms with Crippen molar-refractivity contribution in [2.45, 2.75) is 31.2 Å². The molecule has 2 atom stereocenters. The van der Waals surface area contributed by atoms with E-state index in [1.807, 2.05) is 0 Å². The Bertz CT molecular complexity index is 369. The Morgan fingerprint density at radius 3 is 2.81 bits per heavy atom. The highest BCUT2D eigenvalue weighted by molar-refractivity contribution is 5.27. The van der Waals surface area contributed by atoms with Gasteiger partial charge in [0.1, 0.15) is 5.82 Å². The summed E-state index contributed by atoms with van der Waals surface area (Å²) < 4.78 is 13.8. The molecule has 0 radical (unpaired) electrons. The standard InChI is InChI=1S/C13H18FNO/c14-12-7-2-1-6-11(12)13(15)8-4-3-5-10(13)9-16/h1-2,6-7,10,16H,3-5,8-9,15H2. The Balaban J connectivity index is 2.39. The summed E-state index contributed by atoms with van der Waals surface area (Å²) in [5.74, 6) is -0.288. The van der Waals surface area contributed by atoms with Gasteiger partial charge in [-0.05, 0) is 18.9 Å². The van der Waals surface area contributed by atoms with Crippen LogP contribution >= 0.6 is 0 Å². The normalized spacial score (nSPS) is 30.3. The highest BCUT2D eigenvalue weighted by atomic mass is 19.1. The summed E-state index contributed by atoms with van der Waals surface area (Å²) >= 11 is 0. The lowest BCUT2D eigenvalue weighted by atomic mass is 9.69. The van der Waals surface area contributed by atoms with E-state index in [9.17, 15) is 9.50 Å². The first-order chi connectivity index (χ1) is 7.68. The van der Waals surface area contributed by atoms with Crippen molar-refractivity contribution >= 4 is 0 Å². The minimum atomic E-state index is -0.696. The number of halogens is 1. The number of rotatable bonds is 2. The Hall–Kier alpha value is -0.930. The molecule has 2 unspecified atom stereocenters. The summed E-state index contributed by atoms with van der Waals surface area (Å²) in [6.07, 6.45) is 3.69. The molecule has 1 aliphatic rings. The average Bonchev–Trinajstić information content (AvgIpc) is 2.30. The van der Waals surface area contributed by atoms with Crippen molar-refractivity contribution in [3.63, 3.8) is 0 Å². The Kier molecular flexibility index (Phi) is 3.26. The van der Waals surface area contributed by atoms with Gasteiger partial charge in [-0.15, -0.1) is 0 Å². The van der Waals surface area contributed by atoms with Gasteiger partial charge < -0.3 is 10.8 Å². The molecule has 2 rings (SSSR count). The zero-order valence-corrected chi connectivity index (χ0v) is 9.32. The summed E-state index contributed by atoms with van der Waals surface area (Å²) in [4.78, 5) is 0. The monoisotopic (exact) mass is 223 g/mol. The van der Waals surface area contributed by atoms with E-state index in [0.717, 1.165) is 25.7 Å². The van der Waals surface area contributed by atoms with Gasteiger partial charge in [0.05, 0.1) is 0 Å². The molecule has 1 aromatic carbocycles. The van der Waals surface area contributed by atoms with Gasteiger partial charge in [0.15, 0.2) is 0 Å². The number of benzene rings is 1. The van der Waals surface area contributed by atoms with Crippen molar-refractivity contribution in [2.75, 3.05) is 6.61 Å². The number of aliphatic hydroxyl groups is 1. The van der Waals surface area contributed by atoms with Crippen LogP contribution in [-0.2, 0) is 5.54 Å². The molecule has 0 aliphatic heterocycles. The number of nitrogens with two attached hydrogens (primary N) is 1. The lowest BCUT2D eigenvalue weighted by Gasteiger charge is -2.41. The Labute approximate surface area is 95.3 Å². The van der Waals surface area contributed by atoms with Crippen LogP contribution in [0.2, 0.25) is 0 Å². The zero-order valence-electron chi connectivity index (χ0n) is 9.32. The van der Waals surface area contributed by atoms with E-state index in [-0.39, 0.29) is 18.3 Å². The minimum absolute atomic E-state index is 0.0295. The van der Waals surface area contributed by atoms with Gasteiger partial charge in [-0.1, -0.05) is 31.0 Å². The Morgan fingerprint density at radius 2 is 2.12 bits per heavy atom. The van der Waals surface area contributed by atoms with Gasteiger partial charge in [-0.2, -0.15) is 0 Å². The quantitative estimate of drug-likeness (QED) is 0.807. The summed E-state index contributed by atoms with van der Waals surface area (Å²) in [6, 6.07) is 6.64. The molecular weight excluding hydrogens is 205 g/mol. The molecule has 88 valence electrons. The van der Waals surface area contributed by atoms with Crippen LogP contribution in [0.25, 0.3) is 0 Å². The SMILES string of the molecule is NC1(c2ccccc2F)CCCCC1CO. The first-order valence-electron chi connectivity index (χ1n) is 5.83. The van der Waals surface area contributed by atoms with Crippen molar-refractivity contribution in [2.24, 2.45) is 11.7 Å². The van der Waals surface area contributed by atoms with E-state index < -0.39 is 5.54 Å². The summed E-state index contributed by atoms with van der Waals surface area (Å²) in [5.41, 5.74) is 6.19. The number of aliphatic hydroxyl groups excluding tert-OH is 1. The van der Waals surface area contributed by atoms with Gasteiger partial charge in [0.25, 0.3) is 0 Å². The maximum Gasteiger partial charge on any atom is 0.128 e. The topological polar surface area (TPSA) is 46.2 Å². The fourth-order valence-corrected chi connectivity index (χ4v) is 2.72. The number of hydrogen-bond acceptors (Lipinski definition) is 2. The van der Waals surface area contributed by atoms with Crippen LogP contribution in [0.3, 0.4) is 0 Å².